The van der Waals surface area contributed by atoms with Crippen LogP contribution < -0.4 is 14.8 Å². The third-order valence-electron chi connectivity index (χ3n) is 5.45. The van der Waals surface area contributed by atoms with Crippen LogP contribution >= 0.6 is 0 Å². The number of hydrogen-bond acceptors (Lipinski definition) is 6. The SMILES string of the molecule is C=C/C(=C\N=C)CNC.COc1cc(/C=C2/C(C)=C(CC=O)c3cc(F)ccc32)cc(OC)c1O. The fourth-order valence-electron chi connectivity index (χ4n) is 3.76. The fourth-order valence-corrected chi connectivity index (χ4v) is 3.76. The summed E-state index contributed by atoms with van der Waals surface area (Å²) in [4.78, 5) is 14.7. The normalized spacial score (nSPS) is 13.6. The highest BCUT2D eigenvalue weighted by Gasteiger charge is 2.24. The number of phenols is 1. The molecular weight excluding hydrogens is 447 g/mol. The molecule has 7 heteroatoms. The first kappa shape index (κ1) is 27.3. The molecule has 0 heterocycles. The summed E-state index contributed by atoms with van der Waals surface area (Å²) in [6, 6.07) is 7.96. The molecule has 0 bridgehead atoms. The zero-order chi connectivity index (χ0) is 26.0. The molecule has 0 radical (unpaired) electrons. The van der Waals surface area contributed by atoms with Crippen molar-refractivity contribution in [1.29, 1.82) is 0 Å². The maximum absolute atomic E-state index is 13.7. The van der Waals surface area contributed by atoms with Gasteiger partial charge in [-0.05, 0) is 90.0 Å². The molecule has 1 aliphatic carbocycles. The zero-order valence-corrected chi connectivity index (χ0v) is 20.5. The number of methoxy groups -OCH3 is 2. The van der Waals surface area contributed by atoms with E-state index in [1.807, 2.05) is 20.0 Å². The Morgan fingerprint density at radius 3 is 2.34 bits per heavy atom. The van der Waals surface area contributed by atoms with Crippen molar-refractivity contribution in [3.63, 3.8) is 0 Å². The van der Waals surface area contributed by atoms with E-state index in [0.29, 0.717) is 11.5 Å². The van der Waals surface area contributed by atoms with Crippen LogP contribution in [0, 0.1) is 5.82 Å². The third kappa shape index (κ3) is 6.55. The van der Waals surface area contributed by atoms with Gasteiger partial charge in [0.25, 0.3) is 0 Å². The van der Waals surface area contributed by atoms with Crippen molar-refractivity contribution in [1.82, 2.24) is 5.32 Å². The van der Waals surface area contributed by atoms with Crippen molar-refractivity contribution in [2.75, 3.05) is 27.8 Å². The molecule has 0 atom stereocenters. The van der Waals surface area contributed by atoms with Gasteiger partial charge in [0, 0.05) is 19.2 Å². The van der Waals surface area contributed by atoms with Gasteiger partial charge in [-0.15, -0.1) is 0 Å². The van der Waals surface area contributed by atoms with E-state index >= 15 is 0 Å². The highest BCUT2D eigenvalue weighted by atomic mass is 19.1. The van der Waals surface area contributed by atoms with E-state index in [-0.39, 0.29) is 18.0 Å². The molecule has 0 unspecified atom stereocenters. The van der Waals surface area contributed by atoms with Gasteiger partial charge in [0.05, 0.1) is 14.2 Å². The number of carbonyl (C=O) groups is 1. The van der Waals surface area contributed by atoms with Crippen molar-refractivity contribution in [3.05, 3.63) is 82.8 Å². The molecular formula is C28H31FN2O4. The summed E-state index contributed by atoms with van der Waals surface area (Å²) in [6.07, 6.45) is 6.40. The van der Waals surface area contributed by atoms with Gasteiger partial charge < -0.3 is 24.7 Å². The van der Waals surface area contributed by atoms with Gasteiger partial charge in [0.1, 0.15) is 12.1 Å². The summed E-state index contributed by atoms with van der Waals surface area (Å²) in [7, 11) is 4.80. The first-order chi connectivity index (χ1) is 16.8. The molecule has 0 saturated carbocycles. The number of hydrogen-bond donors (Lipinski definition) is 2. The number of benzene rings is 2. The van der Waals surface area contributed by atoms with Crippen LogP contribution in [0.1, 0.15) is 30.0 Å². The lowest BCUT2D eigenvalue weighted by Crippen LogP contribution is -2.08. The molecule has 35 heavy (non-hydrogen) atoms. The van der Waals surface area contributed by atoms with Crippen LogP contribution in [0.15, 0.2) is 65.3 Å². The number of ether oxygens (including phenoxy) is 2. The number of nitrogens with one attached hydrogen (secondary N) is 1. The number of aromatic hydroxyl groups is 1. The second-order valence-electron chi connectivity index (χ2n) is 7.62. The second-order valence-corrected chi connectivity index (χ2v) is 7.62. The predicted octanol–water partition coefficient (Wildman–Crippen LogP) is 5.44. The summed E-state index contributed by atoms with van der Waals surface area (Å²) in [5.41, 5.74) is 6.04. The topological polar surface area (TPSA) is 80.2 Å². The Hall–Kier alpha value is -3.97. The summed E-state index contributed by atoms with van der Waals surface area (Å²) < 4.78 is 24.1. The Morgan fingerprint density at radius 2 is 1.83 bits per heavy atom. The Morgan fingerprint density at radius 1 is 1.17 bits per heavy atom. The molecule has 0 aromatic heterocycles. The molecule has 0 saturated heterocycles. The molecule has 0 spiro atoms. The average molecular weight is 479 g/mol. The van der Waals surface area contributed by atoms with Gasteiger partial charge >= 0.3 is 0 Å². The lowest BCUT2D eigenvalue weighted by atomic mass is 10.00. The molecule has 2 aromatic carbocycles. The number of nitrogens with zero attached hydrogens (tertiary/aromatic N) is 1. The number of fused-ring (bicyclic) bond motifs is 1. The lowest BCUT2D eigenvalue weighted by molar-refractivity contribution is -0.107. The van der Waals surface area contributed by atoms with Crippen LogP contribution in [0.4, 0.5) is 4.39 Å². The number of rotatable bonds is 9. The van der Waals surface area contributed by atoms with E-state index in [4.69, 9.17) is 9.47 Å². The molecule has 1 aliphatic rings. The fraction of sp³-hybridized carbons (Fsp3) is 0.214. The van der Waals surface area contributed by atoms with Gasteiger partial charge in [-0.3, -0.25) is 4.99 Å². The maximum atomic E-state index is 13.7. The van der Waals surface area contributed by atoms with Gasteiger partial charge in [-0.1, -0.05) is 18.7 Å². The van der Waals surface area contributed by atoms with Crippen LogP contribution in [0.2, 0.25) is 0 Å². The van der Waals surface area contributed by atoms with Crippen molar-refractivity contribution in [2.45, 2.75) is 13.3 Å². The van der Waals surface area contributed by atoms with Crippen molar-refractivity contribution >= 4 is 30.2 Å². The first-order valence-corrected chi connectivity index (χ1v) is 10.9. The minimum Gasteiger partial charge on any atom is -0.502 e. The standard InChI is InChI=1S/C21H19FO4.C7H12N2/c1-12-15(6-7-23)18-11-14(22)4-5-16(18)17(12)8-13-9-19(25-2)21(24)20(10-13)26-3;1-4-7(5-8-2)6-9-3/h4-5,7-11,24H,6H2,1-3H3;4-5,9H,1-2,6H2,3H3/b17-8-;7-5+. The third-order valence-corrected chi connectivity index (χ3v) is 5.45. The molecule has 0 fully saturated rings. The summed E-state index contributed by atoms with van der Waals surface area (Å²) in [5, 5.41) is 13.0. The monoisotopic (exact) mass is 478 g/mol. The summed E-state index contributed by atoms with van der Waals surface area (Å²) in [5.74, 6) is 0.181. The minimum absolute atomic E-state index is 0.0695. The van der Waals surface area contributed by atoms with E-state index < -0.39 is 0 Å². The van der Waals surface area contributed by atoms with E-state index in [0.717, 1.165) is 51.8 Å². The van der Waals surface area contributed by atoms with Crippen LogP contribution in [-0.2, 0) is 4.79 Å². The maximum Gasteiger partial charge on any atom is 0.200 e. The van der Waals surface area contributed by atoms with E-state index in [1.54, 1.807) is 30.5 Å². The van der Waals surface area contributed by atoms with Gasteiger partial charge in [0.15, 0.2) is 11.5 Å². The van der Waals surface area contributed by atoms with E-state index in [9.17, 15) is 14.3 Å². The van der Waals surface area contributed by atoms with Gasteiger partial charge in [-0.2, -0.15) is 0 Å². The lowest BCUT2D eigenvalue weighted by Gasteiger charge is -2.11. The second kappa shape index (κ2) is 13.1. The molecule has 2 N–H and O–H groups in total. The number of aliphatic imine (C=N–C) groups is 1. The minimum atomic E-state index is -0.339. The van der Waals surface area contributed by atoms with Crippen molar-refractivity contribution in [3.8, 4) is 17.2 Å². The predicted molar refractivity (Wildman–Crippen MR) is 141 cm³/mol. The average Bonchev–Trinajstić information content (AvgIpc) is 3.10. The Balaban J connectivity index is 0.000000410. The summed E-state index contributed by atoms with van der Waals surface area (Å²) >= 11 is 0. The number of carbonyl (C=O) groups excluding carboxylic acids is 1. The van der Waals surface area contributed by atoms with Gasteiger partial charge in [-0.25, -0.2) is 4.39 Å². The molecule has 0 amide bonds. The quantitative estimate of drug-likeness (QED) is 0.285. The van der Waals surface area contributed by atoms with Crippen LogP contribution in [0.25, 0.3) is 17.2 Å². The molecule has 3 rings (SSSR count). The molecule has 2 aromatic rings. The number of halogens is 1. The zero-order valence-electron chi connectivity index (χ0n) is 20.5. The van der Waals surface area contributed by atoms with Crippen LogP contribution in [0.3, 0.4) is 0 Å². The van der Waals surface area contributed by atoms with Crippen molar-refractivity contribution in [2.24, 2.45) is 4.99 Å². The number of allylic oxidation sites excluding steroid dienone is 3. The van der Waals surface area contributed by atoms with Gasteiger partial charge in [0.2, 0.25) is 5.75 Å². The smallest absolute Gasteiger partial charge is 0.200 e. The molecule has 0 aliphatic heterocycles. The highest BCUT2D eigenvalue weighted by molar-refractivity contribution is 6.06. The van der Waals surface area contributed by atoms with E-state index in [1.165, 1.54) is 26.4 Å². The number of phenolic OH excluding ortho intramolecular Hbond substituents is 1. The van der Waals surface area contributed by atoms with E-state index in [2.05, 4.69) is 23.6 Å². The molecule has 184 valence electrons. The highest BCUT2D eigenvalue weighted by Crippen LogP contribution is 2.45. The largest absolute Gasteiger partial charge is 0.502 e. The number of likely N-dealkylation sites (N-methyl/N-ethyl adjacent to an activating group) is 1. The Bertz CT molecular complexity index is 1170. The van der Waals surface area contributed by atoms with Crippen LogP contribution in [0.5, 0.6) is 17.2 Å². The van der Waals surface area contributed by atoms with Crippen LogP contribution in [-0.4, -0.2) is 45.9 Å². The molecule has 6 nitrogen and oxygen atoms in total. The Labute approximate surface area is 205 Å². The Kier molecular flexibility index (Phi) is 10.2. The van der Waals surface area contributed by atoms with Crippen molar-refractivity contribution < 1.29 is 23.8 Å². The summed E-state index contributed by atoms with van der Waals surface area (Å²) in [6.45, 7) is 9.64. The first-order valence-electron chi connectivity index (χ1n) is 10.9. The number of aldehydes is 1.